The molecule has 98 valence electrons. The molecule has 0 radical (unpaired) electrons. The van der Waals surface area contributed by atoms with E-state index in [0.29, 0.717) is 10.9 Å². The van der Waals surface area contributed by atoms with Gasteiger partial charge in [-0.05, 0) is 23.6 Å². The molecule has 0 aliphatic carbocycles. The number of amidine groups is 1. The molecule has 2 nitrogen and oxygen atoms in total. The Morgan fingerprint density at radius 3 is 2.53 bits per heavy atom. The van der Waals surface area contributed by atoms with Crippen LogP contribution in [0.2, 0.25) is 5.02 Å². The predicted octanol–water partition coefficient (Wildman–Crippen LogP) is 3.76. The van der Waals surface area contributed by atoms with Gasteiger partial charge >= 0.3 is 0 Å². The monoisotopic (exact) mass is 292 g/mol. The fraction of sp³-hybridized carbons (Fsp3) is 0.133. The Kier molecular flexibility index (Phi) is 4.13. The van der Waals surface area contributed by atoms with E-state index in [4.69, 9.17) is 17.3 Å². The zero-order valence-corrected chi connectivity index (χ0v) is 11.8. The van der Waals surface area contributed by atoms with Crippen LogP contribution in [0.15, 0.2) is 53.5 Å². The number of nitrogens with zero attached hydrogens (tertiary/aromatic N) is 1. The first kappa shape index (κ1) is 13.9. The molecule has 0 saturated heterocycles. The van der Waals surface area contributed by atoms with Gasteiger partial charge < -0.3 is 5.73 Å². The van der Waals surface area contributed by atoms with Crippen LogP contribution in [0.3, 0.4) is 0 Å². The van der Waals surface area contributed by atoms with Crippen LogP contribution in [-0.4, -0.2) is 5.84 Å². The average molecular weight is 293 g/mol. The van der Waals surface area contributed by atoms with Crippen LogP contribution in [0, 0.1) is 0 Å². The Hall–Kier alpha value is -1.51. The summed E-state index contributed by atoms with van der Waals surface area (Å²) in [5, 5.41) is 0.681. The van der Waals surface area contributed by atoms with Gasteiger partial charge in [-0.15, -0.1) is 12.4 Å². The summed E-state index contributed by atoms with van der Waals surface area (Å²) in [5.74, 6) is 0.538. The van der Waals surface area contributed by atoms with E-state index in [1.165, 1.54) is 11.1 Å². The molecule has 0 fully saturated rings. The summed E-state index contributed by atoms with van der Waals surface area (Å²) in [4.78, 5) is 4.56. The van der Waals surface area contributed by atoms with E-state index in [0.717, 1.165) is 12.0 Å². The molecular weight excluding hydrogens is 279 g/mol. The van der Waals surface area contributed by atoms with E-state index in [1.807, 2.05) is 30.3 Å². The maximum absolute atomic E-state index is 6.17. The molecule has 0 aromatic heterocycles. The highest BCUT2D eigenvalue weighted by Crippen LogP contribution is 2.31. The van der Waals surface area contributed by atoms with Crippen molar-refractivity contribution in [1.29, 1.82) is 0 Å². The molecule has 0 saturated carbocycles. The first-order valence-electron chi connectivity index (χ1n) is 5.91. The number of rotatable bonds is 1. The predicted molar refractivity (Wildman–Crippen MR) is 82.3 cm³/mol. The Balaban J connectivity index is 0.00000133. The van der Waals surface area contributed by atoms with Gasteiger partial charge in [0.05, 0.1) is 11.1 Å². The van der Waals surface area contributed by atoms with E-state index >= 15 is 0 Å². The first-order chi connectivity index (χ1) is 8.75. The highest BCUT2D eigenvalue weighted by atomic mass is 35.5. The molecule has 1 aliphatic heterocycles. The van der Waals surface area contributed by atoms with Gasteiger partial charge in [-0.1, -0.05) is 54.1 Å². The van der Waals surface area contributed by atoms with Gasteiger partial charge in [0.15, 0.2) is 0 Å². The van der Waals surface area contributed by atoms with E-state index in [-0.39, 0.29) is 18.4 Å². The third-order valence-corrected chi connectivity index (χ3v) is 3.56. The molecule has 1 unspecified atom stereocenters. The Bertz CT molecular complexity index is 609. The van der Waals surface area contributed by atoms with Crippen LogP contribution < -0.4 is 5.73 Å². The van der Waals surface area contributed by atoms with E-state index in [9.17, 15) is 0 Å². The molecule has 0 spiro atoms. The molecule has 1 heterocycles. The normalized spacial score (nSPS) is 17.1. The summed E-state index contributed by atoms with van der Waals surface area (Å²) >= 11 is 6.17. The van der Waals surface area contributed by atoms with Gasteiger partial charge in [0.1, 0.15) is 5.84 Å². The van der Waals surface area contributed by atoms with Crippen molar-refractivity contribution in [1.82, 2.24) is 0 Å². The second kappa shape index (κ2) is 5.64. The fourth-order valence-electron chi connectivity index (χ4n) is 2.38. The van der Waals surface area contributed by atoms with Crippen LogP contribution >= 0.6 is 24.0 Å². The van der Waals surface area contributed by atoms with E-state index in [1.54, 1.807) is 0 Å². The SMILES string of the molecule is Cl.NC1=NC(c2ccccc2)Cc2cccc(Cl)c21. The minimum Gasteiger partial charge on any atom is -0.383 e. The molecule has 19 heavy (non-hydrogen) atoms. The molecule has 2 N–H and O–H groups in total. The molecule has 1 atom stereocenters. The van der Waals surface area contributed by atoms with Crippen molar-refractivity contribution in [3.05, 3.63) is 70.2 Å². The molecule has 2 aromatic rings. The second-order valence-corrected chi connectivity index (χ2v) is 4.83. The van der Waals surface area contributed by atoms with Crippen molar-refractivity contribution in [3.8, 4) is 0 Å². The molecular formula is C15H14Cl2N2. The van der Waals surface area contributed by atoms with Crippen LogP contribution in [0.5, 0.6) is 0 Å². The van der Waals surface area contributed by atoms with Crippen LogP contribution in [0.25, 0.3) is 0 Å². The number of fused-ring (bicyclic) bond motifs is 1. The van der Waals surface area contributed by atoms with E-state index < -0.39 is 0 Å². The van der Waals surface area contributed by atoms with Crippen LogP contribution in [-0.2, 0) is 6.42 Å². The van der Waals surface area contributed by atoms with Crippen LogP contribution in [0.4, 0.5) is 0 Å². The third kappa shape index (κ3) is 2.60. The average Bonchev–Trinajstić information content (AvgIpc) is 2.39. The number of halogens is 2. The van der Waals surface area contributed by atoms with Gasteiger partial charge in [-0.2, -0.15) is 0 Å². The molecule has 4 heteroatoms. The lowest BCUT2D eigenvalue weighted by atomic mass is 9.92. The highest BCUT2D eigenvalue weighted by Gasteiger charge is 2.22. The molecule has 2 aromatic carbocycles. The number of hydrogen-bond donors (Lipinski definition) is 1. The summed E-state index contributed by atoms with van der Waals surface area (Å²) in [7, 11) is 0. The molecule has 1 aliphatic rings. The first-order valence-corrected chi connectivity index (χ1v) is 6.29. The van der Waals surface area contributed by atoms with Crippen molar-refractivity contribution in [2.45, 2.75) is 12.5 Å². The highest BCUT2D eigenvalue weighted by molar-refractivity contribution is 6.34. The van der Waals surface area contributed by atoms with Crippen molar-refractivity contribution in [3.63, 3.8) is 0 Å². The van der Waals surface area contributed by atoms with Gasteiger partial charge in [-0.3, -0.25) is 4.99 Å². The number of benzene rings is 2. The maximum atomic E-state index is 6.17. The minimum atomic E-state index is 0. The van der Waals surface area contributed by atoms with Gasteiger partial charge in [0.2, 0.25) is 0 Å². The number of aliphatic imine (C=N–C) groups is 1. The van der Waals surface area contributed by atoms with Crippen molar-refractivity contribution < 1.29 is 0 Å². The third-order valence-electron chi connectivity index (χ3n) is 3.25. The molecule has 0 bridgehead atoms. The van der Waals surface area contributed by atoms with Crippen molar-refractivity contribution >= 4 is 29.8 Å². The summed E-state index contributed by atoms with van der Waals surface area (Å²) < 4.78 is 0. The van der Waals surface area contributed by atoms with Gasteiger partial charge in [-0.25, -0.2) is 0 Å². The summed E-state index contributed by atoms with van der Waals surface area (Å²) in [6, 6.07) is 16.2. The van der Waals surface area contributed by atoms with Gasteiger partial charge in [0.25, 0.3) is 0 Å². The second-order valence-electron chi connectivity index (χ2n) is 4.42. The van der Waals surface area contributed by atoms with Crippen molar-refractivity contribution in [2.75, 3.05) is 0 Å². The quantitative estimate of drug-likeness (QED) is 0.854. The maximum Gasteiger partial charge on any atom is 0.128 e. The lowest BCUT2D eigenvalue weighted by molar-refractivity contribution is 0.710. The summed E-state index contributed by atoms with van der Waals surface area (Å²) in [5.41, 5.74) is 9.29. The Labute approximate surface area is 123 Å². The minimum absolute atomic E-state index is 0. The standard InChI is InChI=1S/C15H13ClN2.ClH/c16-12-8-4-7-11-9-13(18-15(17)14(11)12)10-5-2-1-3-6-10;/h1-8,13H,9H2,(H2,17,18);1H. The lowest BCUT2D eigenvalue weighted by Crippen LogP contribution is -2.23. The van der Waals surface area contributed by atoms with E-state index in [2.05, 4.69) is 23.2 Å². The molecule has 0 amide bonds. The summed E-state index contributed by atoms with van der Waals surface area (Å²) in [6.45, 7) is 0. The smallest absolute Gasteiger partial charge is 0.128 e. The van der Waals surface area contributed by atoms with Crippen molar-refractivity contribution in [2.24, 2.45) is 10.7 Å². The van der Waals surface area contributed by atoms with Crippen LogP contribution in [0.1, 0.15) is 22.7 Å². The topological polar surface area (TPSA) is 38.4 Å². The van der Waals surface area contributed by atoms with Gasteiger partial charge in [0, 0.05) is 5.56 Å². The number of nitrogens with two attached hydrogens (primary N) is 1. The molecule has 3 rings (SSSR count). The largest absolute Gasteiger partial charge is 0.383 e. The zero-order chi connectivity index (χ0) is 12.5. The lowest BCUT2D eigenvalue weighted by Gasteiger charge is -2.22. The summed E-state index contributed by atoms with van der Waals surface area (Å²) in [6.07, 6.45) is 0.848. The number of hydrogen-bond acceptors (Lipinski definition) is 2. The Morgan fingerprint density at radius 2 is 1.79 bits per heavy atom. The zero-order valence-electron chi connectivity index (χ0n) is 10.2. The Morgan fingerprint density at radius 1 is 1.05 bits per heavy atom. The fourth-order valence-corrected chi connectivity index (χ4v) is 2.67.